The van der Waals surface area contributed by atoms with E-state index in [9.17, 15) is 14.3 Å². The molecule has 6 nitrogen and oxygen atoms in total. The van der Waals surface area contributed by atoms with Crippen molar-refractivity contribution in [2.45, 2.75) is 19.3 Å². The van der Waals surface area contributed by atoms with Crippen LogP contribution in [0.2, 0.25) is 0 Å². The van der Waals surface area contributed by atoms with E-state index in [1.807, 2.05) is 0 Å². The summed E-state index contributed by atoms with van der Waals surface area (Å²) in [5.74, 6) is -0.731. The van der Waals surface area contributed by atoms with Crippen LogP contribution in [-0.4, -0.2) is 30.6 Å². The van der Waals surface area contributed by atoms with Gasteiger partial charge in [-0.3, -0.25) is 4.79 Å². The first-order valence-electron chi connectivity index (χ1n) is 8.45. The van der Waals surface area contributed by atoms with E-state index in [1.165, 1.54) is 23.0 Å². The van der Waals surface area contributed by atoms with Crippen LogP contribution >= 0.6 is 11.3 Å². The molecule has 5 rings (SSSR count). The predicted molar refractivity (Wildman–Crippen MR) is 98.1 cm³/mol. The number of aryl methyl sites for hydroxylation is 2. The first-order chi connectivity index (χ1) is 13.1. The fraction of sp³-hybridized carbons (Fsp3) is 0.158. The van der Waals surface area contributed by atoms with E-state index < -0.39 is 11.6 Å². The molecule has 1 aliphatic rings. The predicted octanol–water partition coefficient (Wildman–Crippen LogP) is 3.44. The summed E-state index contributed by atoms with van der Waals surface area (Å²) in [4.78, 5) is 23.6. The Morgan fingerprint density at radius 3 is 3.04 bits per heavy atom. The third kappa shape index (κ3) is 2.52. The normalized spacial score (nSPS) is 13.2. The number of phenolic OH excluding ortho intramolecular Hbond substituents is 1. The highest BCUT2D eigenvalue weighted by molar-refractivity contribution is 7.19. The van der Waals surface area contributed by atoms with Crippen LogP contribution in [0, 0.1) is 5.82 Å². The van der Waals surface area contributed by atoms with E-state index >= 15 is 0 Å². The molecule has 1 N–H and O–H groups in total. The second-order valence-corrected chi connectivity index (χ2v) is 7.48. The summed E-state index contributed by atoms with van der Waals surface area (Å²) in [7, 11) is 0. The fourth-order valence-corrected chi connectivity index (χ4v) is 4.71. The number of benzene rings is 1. The van der Waals surface area contributed by atoms with Crippen molar-refractivity contribution >= 4 is 27.3 Å². The SMILES string of the molecule is O=C(c1cnn(-c2ncnc3sc4c(c23)CCC4)c1)c1cc(F)ccc1O. The molecule has 3 aromatic heterocycles. The molecule has 4 aromatic rings. The van der Waals surface area contributed by atoms with Gasteiger partial charge in [0.15, 0.2) is 11.6 Å². The van der Waals surface area contributed by atoms with Gasteiger partial charge in [0, 0.05) is 11.1 Å². The highest BCUT2D eigenvalue weighted by atomic mass is 32.1. The number of carbonyl (C=O) groups excluding carboxylic acids is 1. The highest BCUT2D eigenvalue weighted by Crippen LogP contribution is 2.38. The molecule has 1 aromatic carbocycles. The van der Waals surface area contributed by atoms with Crippen LogP contribution in [0.3, 0.4) is 0 Å². The number of hydrogen-bond acceptors (Lipinski definition) is 6. The van der Waals surface area contributed by atoms with Crippen LogP contribution in [0.4, 0.5) is 4.39 Å². The molecule has 0 aliphatic heterocycles. The van der Waals surface area contributed by atoms with Gasteiger partial charge in [0.1, 0.15) is 22.7 Å². The lowest BCUT2D eigenvalue weighted by Crippen LogP contribution is -2.02. The van der Waals surface area contributed by atoms with Crippen LogP contribution in [0.25, 0.3) is 16.0 Å². The largest absolute Gasteiger partial charge is 0.507 e. The molecule has 0 saturated carbocycles. The number of ketones is 1. The Kier molecular flexibility index (Phi) is 3.54. The van der Waals surface area contributed by atoms with Crippen molar-refractivity contribution in [2.24, 2.45) is 0 Å². The van der Waals surface area contributed by atoms with Crippen molar-refractivity contribution in [3.63, 3.8) is 0 Å². The van der Waals surface area contributed by atoms with E-state index in [-0.39, 0.29) is 16.9 Å². The second-order valence-electron chi connectivity index (χ2n) is 6.40. The summed E-state index contributed by atoms with van der Waals surface area (Å²) in [6.07, 6.45) is 7.59. The van der Waals surface area contributed by atoms with Gasteiger partial charge in [0.2, 0.25) is 0 Å². The molecule has 0 saturated heterocycles. The maximum atomic E-state index is 13.5. The molecule has 0 unspecified atom stereocenters. The molecule has 3 heterocycles. The van der Waals surface area contributed by atoms with E-state index in [0.717, 1.165) is 47.7 Å². The summed E-state index contributed by atoms with van der Waals surface area (Å²) < 4.78 is 15.0. The van der Waals surface area contributed by atoms with Gasteiger partial charge in [0.05, 0.1) is 22.7 Å². The number of aromatic hydroxyl groups is 1. The Labute approximate surface area is 156 Å². The number of carbonyl (C=O) groups is 1. The lowest BCUT2D eigenvalue weighted by Gasteiger charge is -2.04. The van der Waals surface area contributed by atoms with E-state index in [4.69, 9.17) is 0 Å². The molecule has 27 heavy (non-hydrogen) atoms. The molecular weight excluding hydrogens is 367 g/mol. The standard InChI is InChI=1S/C19H13FN4O2S/c20-11-4-5-14(25)13(6-11)17(26)10-7-23-24(8-10)18-16-12-2-1-3-15(12)27-19(16)22-9-21-18/h4-9,25H,1-3H2. The minimum atomic E-state index is -0.588. The molecule has 0 radical (unpaired) electrons. The molecule has 0 amide bonds. The van der Waals surface area contributed by atoms with Crippen LogP contribution in [0.5, 0.6) is 5.75 Å². The molecule has 134 valence electrons. The van der Waals surface area contributed by atoms with Crippen LogP contribution in [0.1, 0.15) is 32.8 Å². The maximum Gasteiger partial charge on any atom is 0.200 e. The van der Waals surface area contributed by atoms with Gasteiger partial charge >= 0.3 is 0 Å². The second kappa shape index (κ2) is 5.95. The Morgan fingerprint density at radius 2 is 2.15 bits per heavy atom. The summed E-state index contributed by atoms with van der Waals surface area (Å²) in [6, 6.07) is 3.28. The minimum Gasteiger partial charge on any atom is -0.507 e. The van der Waals surface area contributed by atoms with Gasteiger partial charge in [0.25, 0.3) is 0 Å². The molecular formula is C19H13FN4O2S. The number of nitrogens with zero attached hydrogens (tertiary/aromatic N) is 4. The average molecular weight is 380 g/mol. The van der Waals surface area contributed by atoms with Crippen molar-refractivity contribution in [1.82, 2.24) is 19.7 Å². The number of phenols is 1. The van der Waals surface area contributed by atoms with Crippen molar-refractivity contribution in [1.29, 1.82) is 0 Å². The first-order valence-corrected chi connectivity index (χ1v) is 9.27. The number of halogens is 1. The molecule has 0 spiro atoms. The van der Waals surface area contributed by atoms with Crippen LogP contribution < -0.4 is 0 Å². The number of rotatable bonds is 3. The fourth-order valence-electron chi connectivity index (χ4n) is 3.49. The van der Waals surface area contributed by atoms with E-state index in [1.54, 1.807) is 22.2 Å². The number of fused-ring (bicyclic) bond motifs is 3. The maximum absolute atomic E-state index is 13.5. The van der Waals surface area contributed by atoms with Gasteiger partial charge in [-0.2, -0.15) is 5.10 Å². The number of aromatic nitrogens is 4. The Bertz CT molecular complexity index is 1210. The number of hydrogen-bond donors (Lipinski definition) is 1. The summed E-state index contributed by atoms with van der Waals surface area (Å²) >= 11 is 1.67. The smallest absolute Gasteiger partial charge is 0.200 e. The van der Waals surface area contributed by atoms with Crippen molar-refractivity contribution in [3.05, 3.63) is 64.3 Å². The van der Waals surface area contributed by atoms with Crippen LogP contribution in [-0.2, 0) is 12.8 Å². The number of thiophene rings is 1. The zero-order valence-electron chi connectivity index (χ0n) is 14.0. The van der Waals surface area contributed by atoms with Gasteiger partial charge < -0.3 is 5.11 Å². The van der Waals surface area contributed by atoms with Crippen molar-refractivity contribution in [2.75, 3.05) is 0 Å². The molecule has 0 fully saturated rings. The average Bonchev–Trinajstić information content (AvgIpc) is 3.38. The third-order valence-electron chi connectivity index (χ3n) is 4.75. The molecule has 0 atom stereocenters. The summed E-state index contributed by atoms with van der Waals surface area (Å²) in [6.45, 7) is 0. The lowest BCUT2D eigenvalue weighted by molar-refractivity contribution is 0.103. The minimum absolute atomic E-state index is 0.0983. The molecule has 1 aliphatic carbocycles. The van der Waals surface area contributed by atoms with Crippen LogP contribution in [0.15, 0.2) is 36.9 Å². The zero-order valence-corrected chi connectivity index (χ0v) is 14.8. The zero-order chi connectivity index (χ0) is 18.5. The monoisotopic (exact) mass is 380 g/mol. The highest BCUT2D eigenvalue weighted by Gasteiger charge is 2.23. The molecule has 0 bridgehead atoms. The Morgan fingerprint density at radius 1 is 1.26 bits per heavy atom. The first kappa shape index (κ1) is 16.1. The van der Waals surface area contributed by atoms with Gasteiger partial charge in [-0.15, -0.1) is 11.3 Å². The summed E-state index contributed by atoms with van der Waals surface area (Å²) in [5.41, 5.74) is 1.41. The topological polar surface area (TPSA) is 80.9 Å². The van der Waals surface area contributed by atoms with Gasteiger partial charge in [-0.1, -0.05) is 0 Å². The van der Waals surface area contributed by atoms with Crippen molar-refractivity contribution in [3.8, 4) is 11.6 Å². The van der Waals surface area contributed by atoms with E-state index in [0.29, 0.717) is 5.82 Å². The van der Waals surface area contributed by atoms with Gasteiger partial charge in [-0.05, 0) is 43.0 Å². The summed E-state index contributed by atoms with van der Waals surface area (Å²) in [5, 5.41) is 15.1. The molecule has 8 heteroatoms. The van der Waals surface area contributed by atoms with Gasteiger partial charge in [-0.25, -0.2) is 19.0 Å². The lowest BCUT2D eigenvalue weighted by atomic mass is 10.1. The van der Waals surface area contributed by atoms with Crippen molar-refractivity contribution < 1.29 is 14.3 Å². The Balaban J connectivity index is 1.60. The Hall–Kier alpha value is -3.13. The quantitative estimate of drug-likeness (QED) is 0.551. The third-order valence-corrected chi connectivity index (χ3v) is 5.95. The van der Waals surface area contributed by atoms with E-state index in [2.05, 4.69) is 15.1 Å².